The monoisotopic (exact) mass is 213 g/mol. The van der Waals surface area contributed by atoms with Gasteiger partial charge in [0, 0.05) is 5.02 Å². The molecule has 1 rings (SSSR count). The van der Waals surface area contributed by atoms with Gasteiger partial charge in [-0.1, -0.05) is 11.6 Å². The first-order valence-corrected chi connectivity index (χ1v) is 4.66. The first-order chi connectivity index (χ1) is 6.56. The van der Waals surface area contributed by atoms with Crippen molar-refractivity contribution >= 4 is 23.1 Å². The van der Waals surface area contributed by atoms with Crippen molar-refractivity contribution < 1.29 is 9.53 Å². The Bertz CT molecular complexity index is 363. The number of benzene rings is 1. The molecule has 3 nitrogen and oxygen atoms in total. The minimum Gasteiger partial charge on any atom is -0.491 e. The summed E-state index contributed by atoms with van der Waals surface area (Å²) in [5.74, 6) is 0.312. The molecule has 76 valence electrons. The van der Waals surface area contributed by atoms with Gasteiger partial charge in [0.05, 0.1) is 17.9 Å². The largest absolute Gasteiger partial charge is 0.491 e. The van der Waals surface area contributed by atoms with Crippen LogP contribution in [-0.2, 0) is 0 Å². The molecule has 0 fully saturated rings. The van der Waals surface area contributed by atoms with Gasteiger partial charge in [-0.2, -0.15) is 0 Å². The molecular formula is C10H12ClNO2. The molecular weight excluding hydrogens is 202 g/mol. The van der Waals surface area contributed by atoms with E-state index in [9.17, 15) is 4.79 Å². The molecule has 0 aromatic heterocycles. The number of nitrogen functional groups attached to an aromatic ring is 1. The Morgan fingerprint density at radius 1 is 1.57 bits per heavy atom. The first-order valence-electron chi connectivity index (χ1n) is 4.29. The van der Waals surface area contributed by atoms with Crippen LogP contribution in [0.2, 0.25) is 5.02 Å². The van der Waals surface area contributed by atoms with E-state index in [0.29, 0.717) is 28.6 Å². The molecule has 4 heteroatoms. The summed E-state index contributed by atoms with van der Waals surface area (Å²) in [5, 5.41) is 0.441. The lowest BCUT2D eigenvalue weighted by molar-refractivity contribution is 0.101. The van der Waals surface area contributed by atoms with E-state index in [0.717, 1.165) is 0 Å². The van der Waals surface area contributed by atoms with Gasteiger partial charge in [0.1, 0.15) is 0 Å². The summed E-state index contributed by atoms with van der Waals surface area (Å²) in [6.45, 7) is 3.75. The lowest BCUT2D eigenvalue weighted by Gasteiger charge is -2.11. The Hall–Kier alpha value is -1.22. The highest BCUT2D eigenvalue weighted by atomic mass is 35.5. The first kappa shape index (κ1) is 10.9. The summed E-state index contributed by atoms with van der Waals surface area (Å²) in [4.78, 5) is 11.3. The van der Waals surface area contributed by atoms with E-state index in [1.165, 1.54) is 6.92 Å². The van der Waals surface area contributed by atoms with Crippen molar-refractivity contribution in [3.8, 4) is 5.75 Å². The number of halogens is 1. The van der Waals surface area contributed by atoms with Gasteiger partial charge in [-0.25, -0.2) is 0 Å². The van der Waals surface area contributed by atoms with Gasteiger partial charge >= 0.3 is 0 Å². The molecule has 0 unspecified atom stereocenters. The number of anilines is 1. The molecule has 0 amide bonds. The fourth-order valence-corrected chi connectivity index (χ4v) is 1.41. The van der Waals surface area contributed by atoms with E-state index in [-0.39, 0.29) is 5.78 Å². The van der Waals surface area contributed by atoms with Crippen LogP contribution in [0, 0.1) is 0 Å². The number of carbonyl (C=O) groups is 1. The van der Waals surface area contributed by atoms with Crippen LogP contribution in [0.25, 0.3) is 0 Å². The van der Waals surface area contributed by atoms with Gasteiger partial charge in [0.2, 0.25) is 0 Å². The van der Waals surface area contributed by atoms with Gasteiger partial charge < -0.3 is 10.5 Å². The molecule has 1 aromatic carbocycles. The van der Waals surface area contributed by atoms with Crippen molar-refractivity contribution in [2.45, 2.75) is 13.8 Å². The van der Waals surface area contributed by atoms with E-state index in [2.05, 4.69) is 0 Å². The number of hydrogen-bond acceptors (Lipinski definition) is 3. The Morgan fingerprint density at radius 3 is 2.71 bits per heavy atom. The third-order valence-electron chi connectivity index (χ3n) is 1.75. The Kier molecular flexibility index (Phi) is 3.36. The maximum Gasteiger partial charge on any atom is 0.163 e. The molecule has 1 aromatic rings. The second-order valence-electron chi connectivity index (χ2n) is 2.86. The number of nitrogens with two attached hydrogens (primary N) is 1. The smallest absolute Gasteiger partial charge is 0.163 e. The number of hydrogen-bond donors (Lipinski definition) is 1. The van der Waals surface area contributed by atoms with E-state index in [1.807, 2.05) is 6.92 Å². The van der Waals surface area contributed by atoms with Crippen LogP contribution in [0.4, 0.5) is 5.69 Å². The average Bonchev–Trinajstić information content (AvgIpc) is 2.09. The fourth-order valence-electron chi connectivity index (χ4n) is 1.18. The summed E-state index contributed by atoms with van der Waals surface area (Å²) < 4.78 is 5.28. The highest BCUT2D eigenvalue weighted by molar-refractivity contribution is 6.31. The van der Waals surface area contributed by atoms with Crippen molar-refractivity contribution in [1.82, 2.24) is 0 Å². The van der Waals surface area contributed by atoms with Crippen LogP contribution in [0.5, 0.6) is 5.75 Å². The Morgan fingerprint density at radius 2 is 2.21 bits per heavy atom. The summed E-state index contributed by atoms with van der Waals surface area (Å²) in [6.07, 6.45) is 0. The van der Waals surface area contributed by atoms with Crippen molar-refractivity contribution in [2.75, 3.05) is 12.3 Å². The van der Waals surface area contributed by atoms with E-state index < -0.39 is 0 Å². The number of Topliss-reactive ketones (excluding diaryl/α,β-unsaturated/α-hetero) is 1. The quantitative estimate of drug-likeness (QED) is 0.620. The molecule has 0 bridgehead atoms. The van der Waals surface area contributed by atoms with Gasteiger partial charge in [-0.3, -0.25) is 4.79 Å². The number of rotatable bonds is 3. The van der Waals surface area contributed by atoms with Crippen molar-refractivity contribution in [1.29, 1.82) is 0 Å². The Balaban J connectivity index is 3.28. The van der Waals surface area contributed by atoms with Crippen molar-refractivity contribution in [2.24, 2.45) is 0 Å². The average molecular weight is 214 g/mol. The minimum absolute atomic E-state index is 0.109. The maximum atomic E-state index is 11.3. The minimum atomic E-state index is -0.109. The van der Waals surface area contributed by atoms with Gasteiger partial charge in [0.15, 0.2) is 11.5 Å². The zero-order valence-corrected chi connectivity index (χ0v) is 8.89. The molecule has 0 saturated carbocycles. The third-order valence-corrected chi connectivity index (χ3v) is 1.97. The van der Waals surface area contributed by atoms with Crippen LogP contribution in [0.3, 0.4) is 0 Å². The second-order valence-corrected chi connectivity index (χ2v) is 3.30. The zero-order chi connectivity index (χ0) is 10.7. The molecule has 0 spiro atoms. The van der Waals surface area contributed by atoms with Crippen molar-refractivity contribution in [3.63, 3.8) is 0 Å². The SMILES string of the molecule is CCOc1c(N)cc(Cl)cc1C(C)=O. The molecule has 0 saturated heterocycles. The molecule has 2 N–H and O–H groups in total. The molecule has 0 radical (unpaired) electrons. The Labute approximate surface area is 87.8 Å². The van der Waals surface area contributed by atoms with Crippen LogP contribution < -0.4 is 10.5 Å². The van der Waals surface area contributed by atoms with Gasteiger partial charge in [0.25, 0.3) is 0 Å². The van der Waals surface area contributed by atoms with E-state index in [4.69, 9.17) is 22.1 Å². The number of ketones is 1. The molecule has 0 aliphatic carbocycles. The zero-order valence-electron chi connectivity index (χ0n) is 8.13. The third kappa shape index (κ3) is 2.17. The molecule has 0 aliphatic heterocycles. The van der Waals surface area contributed by atoms with Crippen LogP contribution in [0.1, 0.15) is 24.2 Å². The topological polar surface area (TPSA) is 52.3 Å². The number of ether oxygens (including phenoxy) is 1. The molecule has 0 aliphatic rings. The van der Waals surface area contributed by atoms with Gasteiger partial charge in [-0.05, 0) is 26.0 Å². The number of carbonyl (C=O) groups excluding carboxylic acids is 1. The fraction of sp³-hybridized carbons (Fsp3) is 0.300. The highest BCUT2D eigenvalue weighted by Crippen LogP contribution is 2.30. The predicted octanol–water partition coefficient (Wildman–Crippen LogP) is 2.52. The molecule has 14 heavy (non-hydrogen) atoms. The normalized spacial score (nSPS) is 9.93. The lowest BCUT2D eigenvalue weighted by Crippen LogP contribution is -2.04. The summed E-state index contributed by atoms with van der Waals surface area (Å²) in [7, 11) is 0. The van der Waals surface area contributed by atoms with Gasteiger partial charge in [-0.15, -0.1) is 0 Å². The maximum absolute atomic E-state index is 11.3. The van der Waals surface area contributed by atoms with E-state index >= 15 is 0 Å². The summed E-state index contributed by atoms with van der Waals surface area (Å²) >= 11 is 5.78. The highest BCUT2D eigenvalue weighted by Gasteiger charge is 2.12. The van der Waals surface area contributed by atoms with Crippen LogP contribution >= 0.6 is 11.6 Å². The van der Waals surface area contributed by atoms with E-state index in [1.54, 1.807) is 12.1 Å². The standard InChI is InChI=1S/C10H12ClNO2/c1-3-14-10-8(6(2)13)4-7(11)5-9(10)12/h4-5H,3,12H2,1-2H3. The molecule has 0 atom stereocenters. The lowest BCUT2D eigenvalue weighted by atomic mass is 10.1. The second kappa shape index (κ2) is 4.33. The summed E-state index contributed by atoms with van der Waals surface area (Å²) in [5.41, 5.74) is 6.51. The van der Waals surface area contributed by atoms with Crippen LogP contribution in [0.15, 0.2) is 12.1 Å². The predicted molar refractivity (Wildman–Crippen MR) is 57.0 cm³/mol. The molecule has 0 heterocycles. The summed E-state index contributed by atoms with van der Waals surface area (Å²) in [6, 6.07) is 3.13. The van der Waals surface area contributed by atoms with Crippen LogP contribution in [-0.4, -0.2) is 12.4 Å². The van der Waals surface area contributed by atoms with Crippen molar-refractivity contribution in [3.05, 3.63) is 22.7 Å².